The van der Waals surface area contributed by atoms with Crippen LogP contribution in [0, 0.1) is 0 Å². The zero-order chi connectivity index (χ0) is 5.11. The number of aldehydes is 1. The zero-order valence-corrected chi connectivity index (χ0v) is 4.18. The van der Waals surface area contributed by atoms with Crippen molar-refractivity contribution >= 4 is 6.29 Å². The Labute approximate surface area is 42.9 Å². The minimum atomic E-state index is 0.532. The van der Waals surface area contributed by atoms with Gasteiger partial charge in [-0.2, -0.15) is 0 Å². The Kier molecular flexibility index (Phi) is 1.42. The molecule has 2 nitrogen and oxygen atoms in total. The van der Waals surface area contributed by atoms with Crippen molar-refractivity contribution in [3.63, 3.8) is 0 Å². The van der Waals surface area contributed by atoms with Gasteiger partial charge in [-0.05, 0) is 12.8 Å². The molecular formula is C5H9NO. The molecule has 0 heterocycles. The van der Waals surface area contributed by atoms with Crippen LogP contribution in [0.2, 0.25) is 0 Å². The van der Waals surface area contributed by atoms with Crippen molar-refractivity contribution in [2.45, 2.75) is 18.9 Å². The highest BCUT2D eigenvalue weighted by Gasteiger charge is 2.19. The molecule has 7 heavy (non-hydrogen) atoms. The molecule has 0 aromatic carbocycles. The number of nitrogens with one attached hydrogen (secondary N) is 1. The quantitative estimate of drug-likeness (QED) is 0.502. The van der Waals surface area contributed by atoms with E-state index in [1.54, 1.807) is 0 Å². The van der Waals surface area contributed by atoms with E-state index in [4.69, 9.17) is 0 Å². The van der Waals surface area contributed by atoms with E-state index in [-0.39, 0.29) is 0 Å². The van der Waals surface area contributed by atoms with Gasteiger partial charge in [0.2, 0.25) is 0 Å². The summed E-state index contributed by atoms with van der Waals surface area (Å²) in [6.07, 6.45) is 3.42. The normalized spacial score (nSPS) is 19.4. The molecule has 40 valence electrons. The highest BCUT2D eigenvalue weighted by Crippen LogP contribution is 2.17. The number of rotatable bonds is 3. The average molecular weight is 99.1 g/mol. The van der Waals surface area contributed by atoms with Gasteiger partial charge in [0.15, 0.2) is 0 Å². The van der Waals surface area contributed by atoms with Gasteiger partial charge in [0.05, 0.1) is 6.54 Å². The fourth-order valence-electron chi connectivity index (χ4n) is 0.502. The van der Waals surface area contributed by atoms with Gasteiger partial charge < -0.3 is 10.1 Å². The Hall–Kier alpha value is -0.370. The maximum atomic E-state index is 9.67. The summed E-state index contributed by atoms with van der Waals surface area (Å²) in [5.41, 5.74) is 0. The van der Waals surface area contributed by atoms with Gasteiger partial charge in [-0.15, -0.1) is 0 Å². The number of hydrogen-bond acceptors (Lipinski definition) is 2. The molecule has 0 aromatic heterocycles. The van der Waals surface area contributed by atoms with E-state index < -0.39 is 0 Å². The van der Waals surface area contributed by atoms with Crippen molar-refractivity contribution in [3.8, 4) is 0 Å². The Balaban J connectivity index is 1.88. The molecule has 0 aromatic rings. The second-order valence-electron chi connectivity index (χ2n) is 1.85. The van der Waals surface area contributed by atoms with Gasteiger partial charge in [0.25, 0.3) is 0 Å². The summed E-state index contributed by atoms with van der Waals surface area (Å²) in [4.78, 5) is 9.67. The zero-order valence-electron chi connectivity index (χ0n) is 4.18. The maximum Gasteiger partial charge on any atom is 0.133 e. The minimum Gasteiger partial charge on any atom is -0.307 e. The van der Waals surface area contributed by atoms with E-state index in [9.17, 15) is 4.79 Å². The second kappa shape index (κ2) is 2.07. The Bertz CT molecular complexity index is 68.5. The molecule has 0 atom stereocenters. The van der Waals surface area contributed by atoms with E-state index >= 15 is 0 Å². The van der Waals surface area contributed by atoms with E-state index in [0.29, 0.717) is 12.6 Å². The third-order valence-electron chi connectivity index (χ3n) is 1.07. The largest absolute Gasteiger partial charge is 0.307 e. The Morgan fingerprint density at radius 1 is 1.71 bits per heavy atom. The monoisotopic (exact) mass is 99.1 g/mol. The van der Waals surface area contributed by atoms with E-state index in [0.717, 1.165) is 6.29 Å². The molecule has 0 unspecified atom stereocenters. The fraction of sp³-hybridized carbons (Fsp3) is 0.800. The first-order chi connectivity index (χ1) is 3.43. The maximum absolute atomic E-state index is 9.67. The molecule has 0 saturated heterocycles. The molecule has 0 spiro atoms. The predicted molar refractivity (Wildman–Crippen MR) is 27.1 cm³/mol. The van der Waals surface area contributed by atoms with Crippen LogP contribution in [0.4, 0.5) is 0 Å². The second-order valence-corrected chi connectivity index (χ2v) is 1.85. The van der Waals surface area contributed by atoms with E-state index in [1.165, 1.54) is 12.8 Å². The fourth-order valence-corrected chi connectivity index (χ4v) is 0.502. The lowest BCUT2D eigenvalue weighted by atomic mass is 10.6. The van der Waals surface area contributed by atoms with Crippen molar-refractivity contribution in [1.82, 2.24) is 5.32 Å². The van der Waals surface area contributed by atoms with E-state index in [1.807, 2.05) is 0 Å². The van der Waals surface area contributed by atoms with Crippen LogP contribution in [0.15, 0.2) is 0 Å². The topological polar surface area (TPSA) is 29.1 Å². The van der Waals surface area contributed by atoms with Crippen molar-refractivity contribution < 1.29 is 4.79 Å². The first-order valence-electron chi connectivity index (χ1n) is 2.60. The summed E-state index contributed by atoms with van der Waals surface area (Å²) >= 11 is 0. The van der Waals surface area contributed by atoms with Crippen molar-refractivity contribution in [1.29, 1.82) is 0 Å². The lowest BCUT2D eigenvalue weighted by molar-refractivity contribution is -0.107. The van der Waals surface area contributed by atoms with Crippen LogP contribution in [0.3, 0.4) is 0 Å². The molecule has 1 saturated carbocycles. The van der Waals surface area contributed by atoms with E-state index in [2.05, 4.69) is 5.32 Å². The van der Waals surface area contributed by atoms with Gasteiger partial charge in [0.1, 0.15) is 6.29 Å². The van der Waals surface area contributed by atoms with Crippen LogP contribution in [0.25, 0.3) is 0 Å². The standard InChI is InChI=1S/C5H9NO/c7-4-3-6-5-1-2-5/h4-6H,1-3H2. The summed E-state index contributed by atoms with van der Waals surface area (Å²) in [5.74, 6) is 0. The molecule has 0 radical (unpaired) electrons. The van der Waals surface area contributed by atoms with Gasteiger partial charge >= 0.3 is 0 Å². The van der Waals surface area contributed by atoms with Crippen molar-refractivity contribution in [2.75, 3.05) is 6.54 Å². The third-order valence-corrected chi connectivity index (χ3v) is 1.07. The predicted octanol–water partition coefficient (Wildman–Crippen LogP) is -0.0627. The van der Waals surface area contributed by atoms with Crippen LogP contribution in [-0.4, -0.2) is 18.9 Å². The summed E-state index contributed by atoms with van der Waals surface area (Å²) in [6.45, 7) is 0.532. The molecule has 0 amide bonds. The van der Waals surface area contributed by atoms with Crippen LogP contribution in [0.5, 0.6) is 0 Å². The molecule has 0 bridgehead atoms. The minimum absolute atomic E-state index is 0.532. The van der Waals surface area contributed by atoms with Gasteiger partial charge in [-0.1, -0.05) is 0 Å². The molecule has 1 aliphatic carbocycles. The molecule has 1 rings (SSSR count). The van der Waals surface area contributed by atoms with Gasteiger partial charge in [-0.3, -0.25) is 0 Å². The van der Waals surface area contributed by atoms with Crippen molar-refractivity contribution in [3.05, 3.63) is 0 Å². The first kappa shape index (κ1) is 4.78. The number of hydrogen-bond donors (Lipinski definition) is 1. The van der Waals surface area contributed by atoms with Crippen LogP contribution < -0.4 is 5.32 Å². The molecular weight excluding hydrogens is 90.1 g/mol. The third kappa shape index (κ3) is 1.69. The SMILES string of the molecule is O=CCNC1CC1. The first-order valence-corrected chi connectivity index (χ1v) is 2.60. The molecule has 1 aliphatic rings. The number of carbonyl (C=O) groups is 1. The summed E-state index contributed by atoms with van der Waals surface area (Å²) in [7, 11) is 0. The van der Waals surface area contributed by atoms with Crippen LogP contribution in [-0.2, 0) is 4.79 Å². The summed E-state index contributed by atoms with van der Waals surface area (Å²) in [5, 5.41) is 3.04. The lowest BCUT2D eigenvalue weighted by Crippen LogP contribution is -2.17. The smallest absolute Gasteiger partial charge is 0.133 e. The number of carbonyl (C=O) groups excluding carboxylic acids is 1. The summed E-state index contributed by atoms with van der Waals surface area (Å²) in [6, 6.07) is 0.671. The molecule has 0 aliphatic heterocycles. The Morgan fingerprint density at radius 3 is 2.86 bits per heavy atom. The van der Waals surface area contributed by atoms with Crippen LogP contribution in [0.1, 0.15) is 12.8 Å². The van der Waals surface area contributed by atoms with Crippen LogP contribution >= 0.6 is 0 Å². The van der Waals surface area contributed by atoms with Gasteiger partial charge in [0, 0.05) is 6.04 Å². The summed E-state index contributed by atoms with van der Waals surface area (Å²) < 4.78 is 0. The lowest BCUT2D eigenvalue weighted by Gasteiger charge is -1.89. The van der Waals surface area contributed by atoms with Crippen molar-refractivity contribution in [2.24, 2.45) is 0 Å². The highest BCUT2D eigenvalue weighted by atomic mass is 16.1. The molecule has 1 fully saturated rings. The average Bonchev–Trinajstić information content (AvgIpc) is 2.42. The molecule has 2 heteroatoms. The Morgan fingerprint density at radius 2 is 2.43 bits per heavy atom. The van der Waals surface area contributed by atoms with Gasteiger partial charge in [-0.25, -0.2) is 0 Å². The highest BCUT2D eigenvalue weighted by molar-refractivity contribution is 5.51. The molecule has 1 N–H and O–H groups in total.